The molecule has 2 heterocycles. The SMILES string of the molecule is Cc1nn(C)c(CC2(C(C)(C)C)CCCN2)c1Br. The van der Waals surface area contributed by atoms with E-state index in [2.05, 4.69) is 54.0 Å². The van der Waals surface area contributed by atoms with Gasteiger partial charge in [0.05, 0.1) is 15.9 Å². The van der Waals surface area contributed by atoms with Gasteiger partial charge in [-0.25, -0.2) is 0 Å². The molecule has 0 radical (unpaired) electrons. The van der Waals surface area contributed by atoms with Gasteiger partial charge in [-0.1, -0.05) is 20.8 Å². The molecule has 2 rings (SSSR count). The average molecular weight is 314 g/mol. The molecule has 0 spiro atoms. The van der Waals surface area contributed by atoms with E-state index in [-0.39, 0.29) is 11.0 Å². The normalized spacial score (nSPS) is 24.8. The highest BCUT2D eigenvalue weighted by molar-refractivity contribution is 9.10. The van der Waals surface area contributed by atoms with E-state index >= 15 is 0 Å². The fourth-order valence-electron chi connectivity index (χ4n) is 3.02. The third-order valence-corrected chi connectivity index (χ3v) is 5.44. The van der Waals surface area contributed by atoms with Crippen molar-refractivity contribution in [3.63, 3.8) is 0 Å². The molecule has 102 valence electrons. The third-order valence-electron chi connectivity index (χ3n) is 4.41. The maximum Gasteiger partial charge on any atom is 0.0738 e. The van der Waals surface area contributed by atoms with Crippen molar-refractivity contribution >= 4 is 15.9 Å². The summed E-state index contributed by atoms with van der Waals surface area (Å²) >= 11 is 3.69. The monoisotopic (exact) mass is 313 g/mol. The fourth-order valence-corrected chi connectivity index (χ4v) is 3.50. The van der Waals surface area contributed by atoms with Gasteiger partial charge < -0.3 is 5.32 Å². The van der Waals surface area contributed by atoms with Crippen molar-refractivity contribution in [2.24, 2.45) is 12.5 Å². The molecule has 1 aliphatic rings. The zero-order valence-electron chi connectivity index (χ0n) is 12.1. The second-order valence-electron chi connectivity index (χ2n) is 6.51. The third kappa shape index (κ3) is 2.25. The van der Waals surface area contributed by atoms with Gasteiger partial charge in [-0.2, -0.15) is 5.10 Å². The first-order valence-corrected chi connectivity index (χ1v) is 7.49. The van der Waals surface area contributed by atoms with Crippen LogP contribution in [-0.4, -0.2) is 21.9 Å². The summed E-state index contributed by atoms with van der Waals surface area (Å²) in [5.41, 5.74) is 2.82. The molecule has 18 heavy (non-hydrogen) atoms. The van der Waals surface area contributed by atoms with E-state index in [9.17, 15) is 0 Å². The smallest absolute Gasteiger partial charge is 0.0738 e. The molecule has 1 aromatic heterocycles. The van der Waals surface area contributed by atoms with Crippen LogP contribution in [0.25, 0.3) is 0 Å². The minimum absolute atomic E-state index is 0.190. The minimum atomic E-state index is 0.190. The molecule has 1 fully saturated rings. The van der Waals surface area contributed by atoms with E-state index in [1.807, 2.05) is 11.7 Å². The van der Waals surface area contributed by atoms with E-state index in [0.717, 1.165) is 18.7 Å². The number of hydrogen-bond donors (Lipinski definition) is 1. The summed E-state index contributed by atoms with van der Waals surface area (Å²) in [7, 11) is 2.04. The molecular formula is C14H24BrN3. The molecule has 1 atom stereocenters. The standard InChI is InChI=1S/C14H24BrN3/c1-10-12(15)11(18(5)17-10)9-14(13(2,3)4)7-6-8-16-14/h16H,6-9H2,1-5H3. The van der Waals surface area contributed by atoms with Gasteiger partial charge in [-0.15, -0.1) is 0 Å². The van der Waals surface area contributed by atoms with Gasteiger partial charge in [0, 0.05) is 19.0 Å². The fraction of sp³-hybridized carbons (Fsp3) is 0.786. The number of rotatable bonds is 2. The van der Waals surface area contributed by atoms with Gasteiger partial charge in [0.25, 0.3) is 0 Å². The van der Waals surface area contributed by atoms with Crippen LogP contribution >= 0.6 is 15.9 Å². The van der Waals surface area contributed by atoms with Crippen molar-refractivity contribution in [1.82, 2.24) is 15.1 Å². The summed E-state index contributed by atoms with van der Waals surface area (Å²) in [5, 5.41) is 8.27. The van der Waals surface area contributed by atoms with Crippen LogP contribution in [0.2, 0.25) is 0 Å². The summed E-state index contributed by atoms with van der Waals surface area (Å²) in [6.07, 6.45) is 3.55. The number of hydrogen-bond acceptors (Lipinski definition) is 2. The number of nitrogens with one attached hydrogen (secondary N) is 1. The highest BCUT2D eigenvalue weighted by atomic mass is 79.9. The Balaban J connectivity index is 2.36. The molecule has 1 aliphatic heterocycles. The molecule has 0 aromatic carbocycles. The summed E-state index contributed by atoms with van der Waals surface area (Å²) < 4.78 is 3.19. The lowest BCUT2D eigenvalue weighted by Crippen LogP contribution is -2.53. The molecular weight excluding hydrogens is 290 g/mol. The van der Waals surface area contributed by atoms with Crippen molar-refractivity contribution in [2.75, 3.05) is 6.54 Å². The van der Waals surface area contributed by atoms with Crippen LogP contribution in [0, 0.1) is 12.3 Å². The van der Waals surface area contributed by atoms with Crippen molar-refractivity contribution in [3.05, 3.63) is 15.9 Å². The lowest BCUT2D eigenvalue weighted by atomic mass is 9.70. The molecule has 1 aromatic rings. The molecule has 0 saturated carbocycles. The zero-order valence-corrected chi connectivity index (χ0v) is 13.7. The summed E-state index contributed by atoms with van der Waals surface area (Å²) in [5.74, 6) is 0. The van der Waals surface area contributed by atoms with Gasteiger partial charge >= 0.3 is 0 Å². The van der Waals surface area contributed by atoms with Crippen LogP contribution in [-0.2, 0) is 13.5 Å². The molecule has 4 heteroatoms. The highest BCUT2D eigenvalue weighted by Crippen LogP contribution is 2.41. The minimum Gasteiger partial charge on any atom is -0.310 e. The Morgan fingerprint density at radius 2 is 2.11 bits per heavy atom. The van der Waals surface area contributed by atoms with E-state index in [1.165, 1.54) is 23.0 Å². The van der Waals surface area contributed by atoms with Crippen molar-refractivity contribution in [3.8, 4) is 0 Å². The first-order chi connectivity index (χ1) is 8.27. The van der Waals surface area contributed by atoms with Crippen molar-refractivity contribution < 1.29 is 0 Å². The van der Waals surface area contributed by atoms with Gasteiger partial charge in [0.15, 0.2) is 0 Å². The van der Waals surface area contributed by atoms with Crippen LogP contribution in [0.4, 0.5) is 0 Å². The predicted molar refractivity (Wildman–Crippen MR) is 78.8 cm³/mol. The molecule has 0 bridgehead atoms. The van der Waals surface area contributed by atoms with E-state index in [4.69, 9.17) is 0 Å². The van der Waals surface area contributed by atoms with Gasteiger partial charge in [0.2, 0.25) is 0 Å². The number of aromatic nitrogens is 2. The first kappa shape index (κ1) is 14.1. The van der Waals surface area contributed by atoms with Crippen LogP contribution in [0.15, 0.2) is 4.47 Å². The van der Waals surface area contributed by atoms with Gasteiger partial charge in [-0.05, 0) is 47.7 Å². The van der Waals surface area contributed by atoms with E-state index in [1.54, 1.807) is 0 Å². The Morgan fingerprint density at radius 3 is 2.50 bits per heavy atom. The van der Waals surface area contributed by atoms with E-state index in [0.29, 0.717) is 0 Å². The van der Waals surface area contributed by atoms with Crippen LogP contribution < -0.4 is 5.32 Å². The predicted octanol–water partition coefficient (Wildman–Crippen LogP) is 3.20. The molecule has 0 aliphatic carbocycles. The Labute approximate surface area is 118 Å². The van der Waals surface area contributed by atoms with Crippen molar-refractivity contribution in [2.45, 2.75) is 52.5 Å². The first-order valence-electron chi connectivity index (χ1n) is 6.70. The zero-order chi connectivity index (χ0) is 13.6. The summed E-state index contributed by atoms with van der Waals surface area (Å²) in [6, 6.07) is 0. The van der Waals surface area contributed by atoms with Crippen LogP contribution in [0.3, 0.4) is 0 Å². The Bertz CT molecular complexity index is 437. The second-order valence-corrected chi connectivity index (χ2v) is 7.30. The molecule has 1 saturated heterocycles. The lowest BCUT2D eigenvalue weighted by molar-refractivity contribution is 0.156. The second kappa shape index (κ2) is 4.64. The number of halogens is 1. The maximum atomic E-state index is 4.51. The van der Waals surface area contributed by atoms with Crippen LogP contribution in [0.5, 0.6) is 0 Å². The number of nitrogens with zero attached hydrogens (tertiary/aromatic N) is 2. The maximum absolute atomic E-state index is 4.51. The quantitative estimate of drug-likeness (QED) is 0.908. The highest BCUT2D eigenvalue weighted by Gasteiger charge is 2.44. The topological polar surface area (TPSA) is 29.9 Å². The summed E-state index contributed by atoms with van der Waals surface area (Å²) in [6.45, 7) is 10.2. The largest absolute Gasteiger partial charge is 0.310 e. The molecule has 3 nitrogen and oxygen atoms in total. The Morgan fingerprint density at radius 1 is 1.44 bits per heavy atom. The van der Waals surface area contributed by atoms with Gasteiger partial charge in [-0.3, -0.25) is 4.68 Å². The van der Waals surface area contributed by atoms with Crippen molar-refractivity contribution in [1.29, 1.82) is 0 Å². The molecule has 1 N–H and O–H groups in total. The lowest BCUT2D eigenvalue weighted by Gasteiger charge is -2.42. The van der Waals surface area contributed by atoms with E-state index < -0.39 is 0 Å². The van der Waals surface area contributed by atoms with Crippen LogP contribution in [0.1, 0.15) is 45.0 Å². The molecule has 0 amide bonds. The Hall–Kier alpha value is -0.350. The molecule has 1 unspecified atom stereocenters. The number of aryl methyl sites for hydroxylation is 2. The Kier molecular flexibility index (Phi) is 3.63. The summed E-state index contributed by atoms with van der Waals surface area (Å²) in [4.78, 5) is 0. The van der Waals surface area contributed by atoms with Gasteiger partial charge in [0.1, 0.15) is 0 Å². The average Bonchev–Trinajstić information content (AvgIpc) is 2.80.